The SMILES string of the molecule is Cc1nc2cc(C(F)(F)F)c(C(CCO)NC(=O)OC(C)(C)C)cc2c(=O)[nH]1. The number of H-pyrrole nitrogens is 1. The zero-order valence-corrected chi connectivity index (χ0v) is 15.9. The Morgan fingerprint density at radius 3 is 2.50 bits per heavy atom. The zero-order valence-electron chi connectivity index (χ0n) is 15.9. The second kappa shape index (κ2) is 7.78. The summed E-state index contributed by atoms with van der Waals surface area (Å²) < 4.78 is 46.1. The van der Waals surface area contributed by atoms with Gasteiger partial charge in [0.25, 0.3) is 5.56 Å². The third-order valence-corrected chi connectivity index (χ3v) is 3.78. The van der Waals surface area contributed by atoms with Gasteiger partial charge in [0.05, 0.1) is 22.5 Å². The molecule has 0 bridgehead atoms. The van der Waals surface area contributed by atoms with Crippen LogP contribution in [0.2, 0.25) is 0 Å². The van der Waals surface area contributed by atoms with Gasteiger partial charge in [-0.2, -0.15) is 13.2 Å². The maximum absolute atomic E-state index is 13.7. The highest BCUT2D eigenvalue weighted by molar-refractivity contribution is 5.80. The van der Waals surface area contributed by atoms with Crippen LogP contribution in [0.1, 0.15) is 50.2 Å². The minimum atomic E-state index is -4.76. The molecule has 7 nitrogen and oxygen atoms in total. The van der Waals surface area contributed by atoms with E-state index < -0.39 is 41.6 Å². The second-order valence-electron chi connectivity index (χ2n) is 7.32. The molecular weight excluding hydrogens is 379 g/mol. The summed E-state index contributed by atoms with van der Waals surface area (Å²) in [6, 6.07) is 0.594. The summed E-state index contributed by atoms with van der Waals surface area (Å²) in [5.74, 6) is 0.178. The number of nitrogens with one attached hydrogen (secondary N) is 2. The van der Waals surface area contributed by atoms with Crippen molar-refractivity contribution in [3.63, 3.8) is 0 Å². The molecule has 3 N–H and O–H groups in total. The first-order valence-corrected chi connectivity index (χ1v) is 8.54. The Hall–Kier alpha value is -2.62. The maximum atomic E-state index is 13.7. The third kappa shape index (κ3) is 5.22. The first kappa shape index (κ1) is 21.7. The number of aliphatic hydroxyl groups is 1. The number of fused-ring (bicyclic) bond motifs is 1. The van der Waals surface area contributed by atoms with Gasteiger partial charge in [0.2, 0.25) is 0 Å². The molecule has 0 radical (unpaired) electrons. The highest BCUT2D eigenvalue weighted by Gasteiger charge is 2.36. The predicted octanol–water partition coefficient (Wildman–Crippen LogP) is 3.20. The molecule has 0 saturated carbocycles. The van der Waals surface area contributed by atoms with Crippen LogP contribution in [0, 0.1) is 6.92 Å². The lowest BCUT2D eigenvalue weighted by molar-refractivity contribution is -0.138. The number of alkyl halides is 3. The Labute approximate surface area is 158 Å². The van der Waals surface area contributed by atoms with Crippen LogP contribution in [0.3, 0.4) is 0 Å². The summed E-state index contributed by atoms with van der Waals surface area (Å²) in [7, 11) is 0. The molecule has 0 fully saturated rings. The van der Waals surface area contributed by atoms with Crippen LogP contribution in [-0.2, 0) is 10.9 Å². The van der Waals surface area contributed by atoms with Crippen molar-refractivity contribution in [3.8, 4) is 0 Å². The molecule has 0 spiro atoms. The number of amides is 1. The van der Waals surface area contributed by atoms with Gasteiger partial charge in [-0.25, -0.2) is 9.78 Å². The summed E-state index contributed by atoms with van der Waals surface area (Å²) in [6.07, 6.45) is -5.90. The van der Waals surface area contributed by atoms with E-state index in [4.69, 9.17) is 4.74 Å². The number of aromatic nitrogens is 2. The van der Waals surface area contributed by atoms with Crippen LogP contribution < -0.4 is 10.9 Å². The van der Waals surface area contributed by atoms with Gasteiger partial charge < -0.3 is 20.1 Å². The van der Waals surface area contributed by atoms with Crippen molar-refractivity contribution in [1.82, 2.24) is 15.3 Å². The number of ether oxygens (including phenoxy) is 1. The fourth-order valence-corrected chi connectivity index (χ4v) is 2.74. The van der Waals surface area contributed by atoms with Crippen LogP contribution in [0.5, 0.6) is 0 Å². The average Bonchev–Trinajstić information content (AvgIpc) is 2.50. The topological polar surface area (TPSA) is 104 Å². The standard InChI is InChI=1S/C18H22F3N3O4/c1-9-22-14-8-12(18(19,20)21)10(7-11(14)15(26)23-9)13(5-6-25)24-16(27)28-17(2,3)4/h7-8,13,25H,5-6H2,1-4H3,(H,24,27)(H,22,23,26). The summed E-state index contributed by atoms with van der Waals surface area (Å²) >= 11 is 0. The first-order chi connectivity index (χ1) is 12.8. The molecule has 1 heterocycles. The van der Waals surface area contributed by atoms with Gasteiger partial charge in [0.1, 0.15) is 11.4 Å². The minimum Gasteiger partial charge on any atom is -0.444 e. The Balaban J connectivity index is 2.62. The van der Waals surface area contributed by atoms with Crippen molar-refractivity contribution < 1.29 is 27.8 Å². The van der Waals surface area contributed by atoms with Gasteiger partial charge in [-0.15, -0.1) is 0 Å². The van der Waals surface area contributed by atoms with Gasteiger partial charge in [-0.3, -0.25) is 4.79 Å². The van der Waals surface area contributed by atoms with Crippen molar-refractivity contribution >= 4 is 17.0 Å². The first-order valence-electron chi connectivity index (χ1n) is 8.54. The number of hydrogen-bond acceptors (Lipinski definition) is 5. The smallest absolute Gasteiger partial charge is 0.416 e. The number of carbonyl (C=O) groups excluding carboxylic acids is 1. The number of alkyl carbamates (subject to hydrolysis) is 1. The van der Waals surface area contributed by atoms with E-state index in [9.17, 15) is 27.9 Å². The summed E-state index contributed by atoms with van der Waals surface area (Å²) in [5.41, 5.74) is -2.97. The number of aromatic amines is 1. The summed E-state index contributed by atoms with van der Waals surface area (Å²) in [6.45, 7) is 5.80. The maximum Gasteiger partial charge on any atom is 0.416 e. The van der Waals surface area contributed by atoms with Crippen molar-refractivity contribution in [2.45, 2.75) is 51.9 Å². The molecule has 0 aliphatic carbocycles. The van der Waals surface area contributed by atoms with E-state index >= 15 is 0 Å². The van der Waals surface area contributed by atoms with E-state index in [-0.39, 0.29) is 28.7 Å². The van der Waals surface area contributed by atoms with Gasteiger partial charge in [0.15, 0.2) is 0 Å². The van der Waals surface area contributed by atoms with E-state index in [0.29, 0.717) is 0 Å². The molecule has 0 aliphatic rings. The number of benzene rings is 1. The molecule has 1 amide bonds. The molecule has 1 aromatic heterocycles. The monoisotopic (exact) mass is 401 g/mol. The summed E-state index contributed by atoms with van der Waals surface area (Å²) in [4.78, 5) is 30.6. The van der Waals surface area contributed by atoms with Crippen molar-refractivity contribution in [3.05, 3.63) is 39.4 Å². The number of halogens is 3. The molecule has 0 aliphatic heterocycles. The number of aliphatic hydroxyl groups excluding tert-OH is 1. The Kier molecular flexibility index (Phi) is 6.03. The number of carbonyl (C=O) groups is 1. The number of rotatable bonds is 4. The highest BCUT2D eigenvalue weighted by atomic mass is 19.4. The second-order valence-corrected chi connectivity index (χ2v) is 7.32. The largest absolute Gasteiger partial charge is 0.444 e. The lowest BCUT2D eigenvalue weighted by Gasteiger charge is -2.25. The van der Waals surface area contributed by atoms with E-state index in [1.807, 2.05) is 0 Å². The van der Waals surface area contributed by atoms with Crippen LogP contribution in [0.25, 0.3) is 10.9 Å². The highest BCUT2D eigenvalue weighted by Crippen LogP contribution is 2.37. The van der Waals surface area contributed by atoms with E-state index in [1.165, 1.54) is 6.92 Å². The van der Waals surface area contributed by atoms with Crippen molar-refractivity contribution in [2.75, 3.05) is 6.61 Å². The number of aryl methyl sites for hydroxylation is 1. The molecule has 1 atom stereocenters. The quantitative estimate of drug-likeness (QED) is 0.730. The fraction of sp³-hybridized carbons (Fsp3) is 0.500. The Morgan fingerprint density at radius 2 is 1.96 bits per heavy atom. The fourth-order valence-electron chi connectivity index (χ4n) is 2.74. The summed E-state index contributed by atoms with van der Waals surface area (Å²) in [5, 5.41) is 11.6. The van der Waals surface area contributed by atoms with E-state index in [0.717, 1.165) is 12.1 Å². The zero-order chi connectivity index (χ0) is 21.3. The number of nitrogens with zero attached hydrogens (tertiary/aromatic N) is 1. The molecule has 1 aromatic carbocycles. The van der Waals surface area contributed by atoms with E-state index in [2.05, 4.69) is 15.3 Å². The lowest BCUT2D eigenvalue weighted by atomic mass is 9.95. The Bertz CT molecular complexity index is 933. The molecule has 154 valence electrons. The van der Waals surface area contributed by atoms with Crippen molar-refractivity contribution in [2.24, 2.45) is 0 Å². The third-order valence-electron chi connectivity index (χ3n) is 3.78. The van der Waals surface area contributed by atoms with Gasteiger partial charge in [-0.05, 0) is 51.8 Å². The average molecular weight is 401 g/mol. The lowest BCUT2D eigenvalue weighted by Crippen LogP contribution is -2.36. The Morgan fingerprint density at radius 1 is 1.32 bits per heavy atom. The number of hydrogen-bond donors (Lipinski definition) is 3. The van der Waals surface area contributed by atoms with Gasteiger partial charge in [0, 0.05) is 6.61 Å². The normalized spacial score (nSPS) is 13.4. The van der Waals surface area contributed by atoms with Crippen LogP contribution >= 0.6 is 0 Å². The molecule has 1 unspecified atom stereocenters. The molecular formula is C18H22F3N3O4. The molecule has 2 rings (SSSR count). The van der Waals surface area contributed by atoms with E-state index in [1.54, 1.807) is 20.8 Å². The molecule has 10 heteroatoms. The molecule has 2 aromatic rings. The molecule has 0 saturated heterocycles. The van der Waals surface area contributed by atoms with Gasteiger partial charge in [-0.1, -0.05) is 0 Å². The van der Waals surface area contributed by atoms with Crippen LogP contribution in [-0.4, -0.2) is 33.4 Å². The minimum absolute atomic E-state index is 0.0532. The van der Waals surface area contributed by atoms with Crippen LogP contribution in [0.15, 0.2) is 16.9 Å². The van der Waals surface area contributed by atoms with Crippen molar-refractivity contribution in [1.29, 1.82) is 0 Å². The van der Waals surface area contributed by atoms with Crippen LogP contribution in [0.4, 0.5) is 18.0 Å². The van der Waals surface area contributed by atoms with Gasteiger partial charge >= 0.3 is 12.3 Å². The predicted molar refractivity (Wildman–Crippen MR) is 95.9 cm³/mol. The molecule has 28 heavy (non-hydrogen) atoms.